The van der Waals surface area contributed by atoms with Gasteiger partial charge in [0.15, 0.2) is 0 Å². The van der Waals surface area contributed by atoms with E-state index in [0.29, 0.717) is 12.1 Å². The minimum absolute atomic E-state index is 0.0812. The fourth-order valence-electron chi connectivity index (χ4n) is 2.84. The van der Waals surface area contributed by atoms with Gasteiger partial charge < -0.3 is 0 Å². The molecule has 2 aliphatic rings. The van der Waals surface area contributed by atoms with Gasteiger partial charge in [0.25, 0.3) is 15.7 Å². The molecule has 3 rings (SSSR count). The van der Waals surface area contributed by atoms with Crippen LogP contribution in [0.15, 0.2) is 39.7 Å². The van der Waals surface area contributed by atoms with Crippen LogP contribution < -0.4 is 4.72 Å². The topological polar surface area (TPSA) is 102 Å². The van der Waals surface area contributed by atoms with E-state index in [1.54, 1.807) is 0 Å². The predicted octanol–water partition coefficient (Wildman–Crippen LogP) is 2.52. The Kier molecular flexibility index (Phi) is 4.16. The molecule has 0 amide bonds. The van der Waals surface area contributed by atoms with E-state index in [-0.39, 0.29) is 16.4 Å². The van der Waals surface area contributed by atoms with Crippen LogP contribution in [0.3, 0.4) is 0 Å². The van der Waals surface area contributed by atoms with Crippen LogP contribution in [-0.2, 0) is 10.0 Å². The van der Waals surface area contributed by atoms with Crippen molar-refractivity contribution in [3.05, 3.63) is 45.5 Å². The number of amidine groups is 1. The Hall–Kier alpha value is -2.22. The average molecular weight is 335 g/mol. The molecule has 0 fully saturated rings. The summed E-state index contributed by atoms with van der Waals surface area (Å²) in [5.41, 5.74) is 1.52. The number of nitro groups is 1. The molecule has 0 atom stereocenters. The molecule has 0 saturated heterocycles. The SMILES string of the molecule is O=[N+]([O-])c1ccc2c(c1)S(=O)(=O)NC2=NCCC1=CCCCC1. The molecule has 1 aliphatic heterocycles. The van der Waals surface area contributed by atoms with Gasteiger partial charge >= 0.3 is 0 Å². The third-order valence-corrected chi connectivity index (χ3v) is 5.42. The monoisotopic (exact) mass is 335 g/mol. The number of nitrogens with zero attached hydrogens (tertiary/aromatic N) is 2. The van der Waals surface area contributed by atoms with Crippen molar-refractivity contribution < 1.29 is 13.3 Å². The van der Waals surface area contributed by atoms with E-state index in [9.17, 15) is 18.5 Å². The predicted molar refractivity (Wildman–Crippen MR) is 86.0 cm³/mol. The maximum Gasteiger partial charge on any atom is 0.270 e. The average Bonchev–Trinajstić information content (AvgIpc) is 2.79. The second-order valence-electron chi connectivity index (χ2n) is 5.63. The van der Waals surface area contributed by atoms with Crippen molar-refractivity contribution in [2.45, 2.75) is 37.0 Å². The minimum atomic E-state index is -3.77. The molecule has 0 unspecified atom stereocenters. The van der Waals surface area contributed by atoms with Crippen molar-refractivity contribution in [3.8, 4) is 0 Å². The molecule has 1 N–H and O–H groups in total. The van der Waals surface area contributed by atoms with Crippen molar-refractivity contribution >= 4 is 21.5 Å². The van der Waals surface area contributed by atoms with E-state index in [4.69, 9.17) is 0 Å². The third kappa shape index (κ3) is 3.26. The van der Waals surface area contributed by atoms with Crippen LogP contribution in [0, 0.1) is 10.1 Å². The second-order valence-corrected chi connectivity index (χ2v) is 7.28. The Balaban J connectivity index is 1.82. The van der Waals surface area contributed by atoms with Crippen LogP contribution in [0.5, 0.6) is 0 Å². The highest BCUT2D eigenvalue weighted by Gasteiger charge is 2.32. The Morgan fingerprint density at radius 3 is 2.83 bits per heavy atom. The molecule has 1 heterocycles. The fourth-order valence-corrected chi connectivity index (χ4v) is 4.11. The van der Waals surface area contributed by atoms with Crippen LogP contribution >= 0.6 is 0 Å². The van der Waals surface area contributed by atoms with Gasteiger partial charge in [0, 0.05) is 24.2 Å². The Labute approximate surface area is 134 Å². The maximum absolute atomic E-state index is 12.1. The van der Waals surface area contributed by atoms with Gasteiger partial charge in [-0.25, -0.2) is 8.42 Å². The van der Waals surface area contributed by atoms with E-state index in [0.717, 1.165) is 25.3 Å². The summed E-state index contributed by atoms with van der Waals surface area (Å²) in [6.45, 7) is 0.500. The second kappa shape index (κ2) is 6.11. The van der Waals surface area contributed by atoms with Gasteiger partial charge in [0.05, 0.1) is 4.92 Å². The summed E-state index contributed by atoms with van der Waals surface area (Å²) in [6.07, 6.45) is 7.66. The van der Waals surface area contributed by atoms with Crippen molar-refractivity contribution in [1.29, 1.82) is 0 Å². The lowest BCUT2D eigenvalue weighted by molar-refractivity contribution is -0.385. The lowest BCUT2D eigenvalue weighted by atomic mass is 9.97. The van der Waals surface area contributed by atoms with Gasteiger partial charge in [0.2, 0.25) is 0 Å². The van der Waals surface area contributed by atoms with E-state index in [2.05, 4.69) is 15.8 Å². The summed E-state index contributed by atoms with van der Waals surface area (Å²) in [6, 6.07) is 3.80. The number of hydrogen-bond acceptors (Lipinski definition) is 5. The Morgan fingerprint density at radius 1 is 1.30 bits per heavy atom. The normalized spacial score (nSPS) is 20.7. The molecular formula is C15H17N3O4S. The van der Waals surface area contributed by atoms with Crippen molar-refractivity contribution in [1.82, 2.24) is 4.72 Å². The third-order valence-electron chi connectivity index (χ3n) is 4.04. The first-order valence-electron chi connectivity index (χ1n) is 7.51. The summed E-state index contributed by atoms with van der Waals surface area (Å²) in [5.74, 6) is 0.270. The summed E-state index contributed by atoms with van der Waals surface area (Å²) < 4.78 is 26.5. The molecule has 1 aromatic carbocycles. The zero-order valence-electron chi connectivity index (χ0n) is 12.5. The number of hydrogen-bond donors (Lipinski definition) is 1. The van der Waals surface area contributed by atoms with Crippen molar-refractivity contribution in [3.63, 3.8) is 0 Å². The van der Waals surface area contributed by atoms with E-state index >= 15 is 0 Å². The number of aliphatic imine (C=N–C) groups is 1. The number of benzene rings is 1. The van der Waals surface area contributed by atoms with Gasteiger partial charge in [-0.3, -0.25) is 19.8 Å². The number of fused-ring (bicyclic) bond motifs is 1. The minimum Gasteiger partial charge on any atom is -0.267 e. The summed E-state index contributed by atoms with van der Waals surface area (Å²) in [4.78, 5) is 14.4. The number of nitrogens with one attached hydrogen (secondary N) is 1. The zero-order valence-corrected chi connectivity index (χ0v) is 13.3. The van der Waals surface area contributed by atoms with Crippen molar-refractivity contribution in [2.75, 3.05) is 6.54 Å². The number of non-ortho nitro benzene ring substituents is 1. The van der Waals surface area contributed by atoms with E-state index in [1.807, 2.05) is 0 Å². The molecule has 122 valence electrons. The largest absolute Gasteiger partial charge is 0.270 e. The first kappa shape index (κ1) is 15.7. The summed E-state index contributed by atoms with van der Waals surface area (Å²) in [5, 5.41) is 10.8. The van der Waals surface area contributed by atoms with Crippen LogP contribution in [0.25, 0.3) is 0 Å². The molecule has 1 aromatic rings. The molecule has 0 aromatic heterocycles. The molecule has 23 heavy (non-hydrogen) atoms. The highest BCUT2D eigenvalue weighted by molar-refractivity contribution is 7.90. The van der Waals surface area contributed by atoms with E-state index in [1.165, 1.54) is 30.5 Å². The maximum atomic E-state index is 12.1. The van der Waals surface area contributed by atoms with Crippen molar-refractivity contribution in [2.24, 2.45) is 4.99 Å². The molecule has 0 saturated carbocycles. The standard InChI is InChI=1S/C15H17N3O4S/c19-18(20)12-6-7-13-14(10-12)23(21,22)17-15(13)16-9-8-11-4-2-1-3-5-11/h4,6-7,10H,1-3,5,8-9H2,(H,16,17). The molecule has 0 bridgehead atoms. The molecule has 1 aliphatic carbocycles. The fraction of sp³-hybridized carbons (Fsp3) is 0.400. The van der Waals surface area contributed by atoms with Crippen LogP contribution in [0.2, 0.25) is 0 Å². The molecule has 0 radical (unpaired) electrons. The molecule has 7 nitrogen and oxygen atoms in total. The zero-order chi connectivity index (χ0) is 16.4. The van der Waals surface area contributed by atoms with E-state index < -0.39 is 14.9 Å². The highest BCUT2D eigenvalue weighted by Crippen LogP contribution is 2.27. The number of sulfonamides is 1. The van der Waals surface area contributed by atoms with Crippen LogP contribution in [0.1, 0.15) is 37.7 Å². The van der Waals surface area contributed by atoms with Gasteiger partial charge in [-0.1, -0.05) is 11.6 Å². The number of rotatable bonds is 4. The quantitative estimate of drug-likeness (QED) is 0.519. The molecule has 0 spiro atoms. The smallest absolute Gasteiger partial charge is 0.267 e. The van der Waals surface area contributed by atoms with Gasteiger partial charge in [-0.05, 0) is 38.2 Å². The highest BCUT2D eigenvalue weighted by atomic mass is 32.2. The Bertz CT molecular complexity index is 812. The van der Waals surface area contributed by atoms with Gasteiger partial charge in [0.1, 0.15) is 10.7 Å². The van der Waals surface area contributed by atoms with Crippen LogP contribution in [0.4, 0.5) is 5.69 Å². The molecular weight excluding hydrogens is 318 g/mol. The van der Waals surface area contributed by atoms with Gasteiger partial charge in [-0.15, -0.1) is 0 Å². The summed E-state index contributed by atoms with van der Waals surface area (Å²) in [7, 11) is -3.77. The molecule has 8 heteroatoms. The Morgan fingerprint density at radius 2 is 2.13 bits per heavy atom. The number of allylic oxidation sites excluding steroid dienone is 1. The van der Waals surface area contributed by atoms with Gasteiger partial charge in [-0.2, -0.15) is 0 Å². The summed E-state index contributed by atoms with van der Waals surface area (Å²) >= 11 is 0. The lowest BCUT2D eigenvalue weighted by Crippen LogP contribution is -2.22. The number of nitro benzene ring substituents is 1. The lowest BCUT2D eigenvalue weighted by Gasteiger charge is -2.11. The first-order valence-corrected chi connectivity index (χ1v) is 9.00. The van der Waals surface area contributed by atoms with Crippen LogP contribution in [-0.4, -0.2) is 25.7 Å². The first-order chi connectivity index (χ1) is 11.0.